The molecule has 1 aliphatic rings. The number of nitro groups is 1. The van der Waals surface area contributed by atoms with Crippen LogP contribution < -0.4 is 5.32 Å². The van der Waals surface area contributed by atoms with Gasteiger partial charge in [0.25, 0.3) is 11.6 Å². The predicted molar refractivity (Wildman–Crippen MR) is 129 cm³/mol. The number of rotatable bonds is 7. The van der Waals surface area contributed by atoms with E-state index in [0.29, 0.717) is 5.69 Å². The lowest BCUT2D eigenvalue weighted by Gasteiger charge is -2.31. The number of hydrogen-bond donors (Lipinski definition) is 1. The lowest BCUT2D eigenvalue weighted by molar-refractivity contribution is -0.384. The summed E-state index contributed by atoms with van der Waals surface area (Å²) < 4.78 is 27.5. The Balaban J connectivity index is 1.44. The second-order valence-electron chi connectivity index (χ2n) is 8.66. The molecule has 1 aromatic heterocycles. The SMILES string of the molecule is CC(Nc1ccc(C(=O)N2CCC(C(=O)c3cc(F)ccc3F)CC2)cc1[N+](=O)[O-])c1ccccn1. The first-order valence-electron chi connectivity index (χ1n) is 11.5. The highest BCUT2D eigenvalue weighted by atomic mass is 19.1. The number of halogens is 2. The summed E-state index contributed by atoms with van der Waals surface area (Å²) in [6, 6.07) is 12.1. The Labute approximate surface area is 206 Å². The highest BCUT2D eigenvalue weighted by molar-refractivity contribution is 5.99. The topological polar surface area (TPSA) is 105 Å². The lowest BCUT2D eigenvalue weighted by atomic mass is 9.88. The molecule has 1 aliphatic heterocycles. The number of piperidine rings is 1. The molecule has 2 heterocycles. The monoisotopic (exact) mass is 494 g/mol. The van der Waals surface area contributed by atoms with E-state index in [1.54, 1.807) is 18.3 Å². The molecule has 1 unspecified atom stereocenters. The van der Waals surface area contributed by atoms with Gasteiger partial charge in [-0.1, -0.05) is 6.07 Å². The number of amides is 1. The zero-order valence-corrected chi connectivity index (χ0v) is 19.5. The number of nitro benzene ring substituents is 1. The van der Waals surface area contributed by atoms with Gasteiger partial charge in [0.15, 0.2) is 5.78 Å². The van der Waals surface area contributed by atoms with Crippen LogP contribution in [0.3, 0.4) is 0 Å². The number of likely N-dealkylation sites (tertiary alicyclic amines) is 1. The number of aromatic nitrogens is 1. The molecule has 0 saturated carbocycles. The number of carbonyl (C=O) groups is 2. The molecule has 3 aromatic rings. The largest absolute Gasteiger partial charge is 0.371 e. The van der Waals surface area contributed by atoms with Gasteiger partial charge < -0.3 is 10.2 Å². The van der Waals surface area contributed by atoms with Gasteiger partial charge in [-0.3, -0.25) is 24.7 Å². The van der Waals surface area contributed by atoms with Crippen molar-refractivity contribution in [3.8, 4) is 0 Å². The molecule has 0 spiro atoms. The first-order valence-corrected chi connectivity index (χ1v) is 11.5. The van der Waals surface area contributed by atoms with Gasteiger partial charge in [0.2, 0.25) is 0 Å². The van der Waals surface area contributed by atoms with Gasteiger partial charge in [-0.15, -0.1) is 0 Å². The fraction of sp³-hybridized carbons (Fsp3) is 0.269. The van der Waals surface area contributed by atoms with E-state index in [1.165, 1.54) is 23.1 Å². The molecule has 1 N–H and O–H groups in total. The number of anilines is 1. The van der Waals surface area contributed by atoms with E-state index in [1.807, 2.05) is 13.0 Å². The zero-order valence-electron chi connectivity index (χ0n) is 19.5. The van der Waals surface area contributed by atoms with E-state index in [-0.39, 0.29) is 54.5 Å². The average Bonchev–Trinajstić information content (AvgIpc) is 2.90. The minimum absolute atomic E-state index is 0.152. The quantitative estimate of drug-likeness (QED) is 0.276. The van der Waals surface area contributed by atoms with Crippen molar-refractivity contribution in [3.05, 3.63) is 99.4 Å². The minimum Gasteiger partial charge on any atom is -0.371 e. The molecule has 186 valence electrons. The Morgan fingerprint density at radius 3 is 2.53 bits per heavy atom. The molecule has 0 radical (unpaired) electrons. The van der Waals surface area contributed by atoms with Crippen LogP contribution in [0.25, 0.3) is 0 Å². The van der Waals surface area contributed by atoms with E-state index in [2.05, 4.69) is 10.3 Å². The number of ketones is 1. The number of hydrogen-bond acceptors (Lipinski definition) is 6. The van der Waals surface area contributed by atoms with Gasteiger partial charge in [0.05, 0.1) is 22.2 Å². The van der Waals surface area contributed by atoms with Crippen molar-refractivity contribution < 1.29 is 23.3 Å². The number of benzene rings is 2. The Hall–Kier alpha value is -4.21. The summed E-state index contributed by atoms with van der Waals surface area (Å²) in [4.78, 5) is 42.7. The fourth-order valence-electron chi connectivity index (χ4n) is 4.31. The maximum absolute atomic E-state index is 14.0. The zero-order chi connectivity index (χ0) is 25.8. The molecule has 1 amide bonds. The van der Waals surface area contributed by atoms with Crippen molar-refractivity contribution in [2.45, 2.75) is 25.8 Å². The Kier molecular flexibility index (Phi) is 7.33. The molecular formula is C26H24F2N4O4. The van der Waals surface area contributed by atoms with Crippen LogP contribution in [0.15, 0.2) is 60.8 Å². The summed E-state index contributed by atoms with van der Waals surface area (Å²) in [5, 5.41) is 14.8. The first kappa shape index (κ1) is 24.9. The number of carbonyl (C=O) groups excluding carboxylic acids is 2. The first-order chi connectivity index (χ1) is 17.2. The summed E-state index contributed by atoms with van der Waals surface area (Å²) in [5.74, 6) is -2.91. The standard InChI is InChI=1S/C26H24F2N4O4/c1-16(22-4-2-3-11-29-22)30-23-8-5-18(14-24(23)32(35)36)26(34)31-12-9-17(10-13-31)25(33)20-15-19(27)6-7-21(20)28/h2-8,11,14-17,30H,9-10,12-13H2,1H3. The van der Waals surface area contributed by atoms with E-state index >= 15 is 0 Å². The predicted octanol–water partition coefficient (Wildman–Crippen LogP) is 5.18. The fourth-order valence-corrected chi connectivity index (χ4v) is 4.31. The highest BCUT2D eigenvalue weighted by Crippen LogP contribution is 2.30. The molecule has 0 aliphatic carbocycles. The van der Waals surface area contributed by atoms with Crippen LogP contribution in [0, 0.1) is 27.7 Å². The third-order valence-electron chi connectivity index (χ3n) is 6.29. The minimum atomic E-state index is -0.779. The van der Waals surface area contributed by atoms with Crippen molar-refractivity contribution in [1.82, 2.24) is 9.88 Å². The summed E-state index contributed by atoms with van der Waals surface area (Å²) in [7, 11) is 0. The Bertz CT molecular complexity index is 1290. The second-order valence-corrected chi connectivity index (χ2v) is 8.66. The smallest absolute Gasteiger partial charge is 0.293 e. The van der Waals surface area contributed by atoms with Crippen LogP contribution in [0.2, 0.25) is 0 Å². The van der Waals surface area contributed by atoms with Crippen LogP contribution in [0.5, 0.6) is 0 Å². The Morgan fingerprint density at radius 2 is 1.86 bits per heavy atom. The molecule has 1 fully saturated rings. The van der Waals surface area contributed by atoms with E-state index in [4.69, 9.17) is 0 Å². The van der Waals surface area contributed by atoms with E-state index < -0.39 is 34.2 Å². The maximum Gasteiger partial charge on any atom is 0.293 e. The Morgan fingerprint density at radius 1 is 1.11 bits per heavy atom. The third kappa shape index (κ3) is 5.37. The molecule has 0 bridgehead atoms. The van der Waals surface area contributed by atoms with Crippen molar-refractivity contribution in [2.75, 3.05) is 18.4 Å². The normalized spacial score (nSPS) is 14.8. The van der Waals surface area contributed by atoms with E-state index in [0.717, 1.165) is 18.2 Å². The van der Waals surface area contributed by atoms with Gasteiger partial charge in [-0.2, -0.15) is 0 Å². The van der Waals surface area contributed by atoms with Gasteiger partial charge >= 0.3 is 0 Å². The van der Waals surface area contributed by atoms with Crippen molar-refractivity contribution in [2.24, 2.45) is 5.92 Å². The third-order valence-corrected chi connectivity index (χ3v) is 6.29. The number of Topliss-reactive ketones (excluding diaryl/α,β-unsaturated/α-hetero) is 1. The molecule has 4 rings (SSSR count). The maximum atomic E-state index is 14.0. The molecule has 1 saturated heterocycles. The number of nitrogens with one attached hydrogen (secondary N) is 1. The van der Waals surface area contributed by atoms with Gasteiger partial charge in [0, 0.05) is 36.8 Å². The van der Waals surface area contributed by atoms with Crippen molar-refractivity contribution in [3.63, 3.8) is 0 Å². The number of nitrogens with zero attached hydrogens (tertiary/aromatic N) is 3. The summed E-state index contributed by atoms with van der Waals surface area (Å²) in [6.07, 6.45) is 2.20. The van der Waals surface area contributed by atoms with Gasteiger partial charge in [-0.05, 0) is 62.2 Å². The molecule has 1 atom stereocenters. The van der Waals surface area contributed by atoms with Crippen LogP contribution in [-0.4, -0.2) is 39.6 Å². The number of pyridine rings is 1. The molecular weight excluding hydrogens is 470 g/mol. The molecule has 2 aromatic carbocycles. The van der Waals surface area contributed by atoms with Crippen LogP contribution in [0.4, 0.5) is 20.2 Å². The average molecular weight is 494 g/mol. The van der Waals surface area contributed by atoms with Crippen LogP contribution in [0.1, 0.15) is 52.2 Å². The van der Waals surface area contributed by atoms with E-state index in [9.17, 15) is 28.5 Å². The molecule has 10 heteroatoms. The highest BCUT2D eigenvalue weighted by Gasteiger charge is 2.30. The van der Waals surface area contributed by atoms with Gasteiger partial charge in [-0.25, -0.2) is 8.78 Å². The van der Waals surface area contributed by atoms with Crippen molar-refractivity contribution >= 4 is 23.1 Å². The van der Waals surface area contributed by atoms with Crippen LogP contribution >= 0.6 is 0 Å². The van der Waals surface area contributed by atoms with Gasteiger partial charge in [0.1, 0.15) is 17.3 Å². The van der Waals surface area contributed by atoms with Crippen LogP contribution in [-0.2, 0) is 0 Å². The molecule has 8 nitrogen and oxygen atoms in total. The summed E-state index contributed by atoms with van der Waals surface area (Å²) in [5.41, 5.74) is 0.589. The molecule has 36 heavy (non-hydrogen) atoms. The lowest BCUT2D eigenvalue weighted by Crippen LogP contribution is -2.40. The summed E-state index contributed by atoms with van der Waals surface area (Å²) in [6.45, 7) is 2.26. The second kappa shape index (κ2) is 10.6. The van der Waals surface area contributed by atoms with Crippen molar-refractivity contribution in [1.29, 1.82) is 0 Å². The summed E-state index contributed by atoms with van der Waals surface area (Å²) >= 11 is 0.